The van der Waals surface area contributed by atoms with Crippen LogP contribution in [0.15, 0.2) is 30.3 Å². The van der Waals surface area contributed by atoms with Crippen molar-refractivity contribution in [3.8, 4) is 0 Å². The summed E-state index contributed by atoms with van der Waals surface area (Å²) < 4.78 is 0. The number of piperidine rings is 1. The highest BCUT2D eigenvalue weighted by Gasteiger charge is 2.50. The molecule has 0 spiro atoms. The smallest absolute Gasteiger partial charge is 0.239 e. The van der Waals surface area contributed by atoms with Crippen LogP contribution in [0.25, 0.3) is 0 Å². The number of nitrogens with zero attached hydrogens (tertiary/aromatic N) is 1. The van der Waals surface area contributed by atoms with Crippen LogP contribution >= 0.6 is 0 Å². The summed E-state index contributed by atoms with van der Waals surface area (Å²) in [4.78, 5) is 26.4. The van der Waals surface area contributed by atoms with E-state index in [9.17, 15) is 9.59 Å². The Morgan fingerprint density at radius 2 is 1.94 bits per heavy atom. The van der Waals surface area contributed by atoms with Crippen LogP contribution < -0.4 is 4.90 Å². The zero-order chi connectivity index (χ0) is 12.8. The Hall–Kier alpha value is -1.64. The normalized spacial score (nSPS) is 31.6. The Bertz CT molecular complexity index is 496. The Kier molecular flexibility index (Phi) is 2.51. The molecule has 2 aliphatic rings. The fourth-order valence-electron chi connectivity index (χ4n) is 3.27. The Morgan fingerprint density at radius 1 is 1.22 bits per heavy atom. The third-order valence-corrected chi connectivity index (χ3v) is 4.28. The van der Waals surface area contributed by atoms with Crippen LogP contribution in [0.1, 0.15) is 32.6 Å². The number of benzene rings is 1. The van der Waals surface area contributed by atoms with Crippen LogP contribution in [0.5, 0.6) is 0 Å². The van der Waals surface area contributed by atoms with Crippen molar-refractivity contribution in [3.05, 3.63) is 30.3 Å². The second-order valence-electron chi connectivity index (χ2n) is 5.67. The monoisotopic (exact) mass is 243 g/mol. The molecule has 0 N–H and O–H groups in total. The molecule has 3 nitrogen and oxygen atoms in total. The van der Waals surface area contributed by atoms with Crippen molar-refractivity contribution in [1.29, 1.82) is 0 Å². The second kappa shape index (κ2) is 3.94. The standard InChI is InChI=1S/C15H17NO2/c1-15-9-5-6-11(10-15)13(17)16(14(15)18)12-7-3-2-4-8-12/h2-4,7-8,11H,5-6,9-10H2,1H3/t11-,15+/m1/s1. The zero-order valence-electron chi connectivity index (χ0n) is 10.6. The minimum Gasteiger partial charge on any atom is -0.274 e. The Morgan fingerprint density at radius 3 is 2.67 bits per heavy atom. The summed E-state index contributed by atoms with van der Waals surface area (Å²) in [5, 5.41) is 0. The van der Waals surface area contributed by atoms with Gasteiger partial charge in [0.2, 0.25) is 11.8 Å². The molecule has 18 heavy (non-hydrogen) atoms. The van der Waals surface area contributed by atoms with Gasteiger partial charge in [0.25, 0.3) is 0 Å². The van der Waals surface area contributed by atoms with Crippen LogP contribution in [-0.2, 0) is 9.59 Å². The van der Waals surface area contributed by atoms with E-state index in [1.54, 1.807) is 0 Å². The maximum Gasteiger partial charge on any atom is 0.239 e. The number of carbonyl (C=O) groups excluding carboxylic acids is 2. The van der Waals surface area contributed by atoms with E-state index in [-0.39, 0.29) is 23.1 Å². The van der Waals surface area contributed by atoms with Gasteiger partial charge in [-0.1, -0.05) is 31.5 Å². The average Bonchev–Trinajstić information content (AvgIpc) is 2.39. The molecule has 1 heterocycles. The van der Waals surface area contributed by atoms with Crippen LogP contribution in [0.3, 0.4) is 0 Å². The van der Waals surface area contributed by atoms with Gasteiger partial charge in [0.1, 0.15) is 0 Å². The lowest BCUT2D eigenvalue weighted by atomic mass is 9.67. The van der Waals surface area contributed by atoms with E-state index < -0.39 is 0 Å². The molecule has 3 heteroatoms. The van der Waals surface area contributed by atoms with Crippen molar-refractivity contribution in [2.24, 2.45) is 11.3 Å². The van der Waals surface area contributed by atoms with E-state index in [0.29, 0.717) is 5.69 Å². The number of hydrogen-bond donors (Lipinski definition) is 0. The minimum absolute atomic E-state index is 0.0108. The number of fused-ring (bicyclic) bond motifs is 2. The molecule has 1 aliphatic carbocycles. The molecule has 2 bridgehead atoms. The van der Waals surface area contributed by atoms with Crippen molar-refractivity contribution in [1.82, 2.24) is 0 Å². The van der Waals surface area contributed by atoms with E-state index in [1.807, 2.05) is 37.3 Å². The summed E-state index contributed by atoms with van der Waals surface area (Å²) in [7, 11) is 0. The molecule has 94 valence electrons. The molecule has 2 amide bonds. The maximum absolute atomic E-state index is 12.6. The number of carbonyl (C=O) groups is 2. The van der Waals surface area contributed by atoms with Gasteiger partial charge >= 0.3 is 0 Å². The highest BCUT2D eigenvalue weighted by atomic mass is 16.2. The number of anilines is 1. The van der Waals surface area contributed by atoms with Gasteiger partial charge in [-0.15, -0.1) is 0 Å². The molecule has 2 atom stereocenters. The summed E-state index contributed by atoms with van der Waals surface area (Å²) in [6.07, 6.45) is 3.54. The average molecular weight is 243 g/mol. The Balaban J connectivity index is 2.03. The molecule has 0 radical (unpaired) electrons. The number of rotatable bonds is 1. The van der Waals surface area contributed by atoms with Crippen molar-refractivity contribution in [2.75, 3.05) is 4.90 Å². The van der Waals surface area contributed by atoms with Crippen LogP contribution in [0, 0.1) is 11.3 Å². The molecule has 0 aromatic heterocycles. The van der Waals surface area contributed by atoms with E-state index >= 15 is 0 Å². The molecule has 1 aromatic carbocycles. The minimum atomic E-state index is -0.341. The van der Waals surface area contributed by atoms with E-state index in [0.717, 1.165) is 25.7 Å². The lowest BCUT2D eigenvalue weighted by Crippen LogP contribution is -2.56. The second-order valence-corrected chi connectivity index (χ2v) is 5.67. The first-order chi connectivity index (χ1) is 8.62. The topological polar surface area (TPSA) is 37.4 Å². The summed E-state index contributed by atoms with van der Waals surface area (Å²) >= 11 is 0. The fourth-order valence-corrected chi connectivity index (χ4v) is 3.27. The first kappa shape index (κ1) is 11.5. The van der Waals surface area contributed by atoms with Crippen molar-refractivity contribution < 1.29 is 9.59 Å². The SMILES string of the molecule is C[C@]12CCC[C@H](C1)C(=O)N(c1ccccc1)C2=O. The molecule has 3 rings (SSSR count). The van der Waals surface area contributed by atoms with Gasteiger partial charge in [-0.2, -0.15) is 0 Å². The number of hydrogen-bond acceptors (Lipinski definition) is 2. The number of imide groups is 1. The first-order valence-corrected chi connectivity index (χ1v) is 6.55. The lowest BCUT2D eigenvalue weighted by molar-refractivity contribution is -0.143. The van der Waals surface area contributed by atoms with Crippen LogP contribution in [0.2, 0.25) is 0 Å². The fraction of sp³-hybridized carbons (Fsp3) is 0.467. The van der Waals surface area contributed by atoms with Gasteiger partial charge in [-0.3, -0.25) is 9.59 Å². The van der Waals surface area contributed by atoms with Crippen molar-refractivity contribution >= 4 is 17.5 Å². The third-order valence-electron chi connectivity index (χ3n) is 4.28. The van der Waals surface area contributed by atoms with Gasteiger partial charge in [0, 0.05) is 11.3 Å². The van der Waals surface area contributed by atoms with Crippen LogP contribution in [-0.4, -0.2) is 11.8 Å². The molecule has 2 fully saturated rings. The van der Waals surface area contributed by atoms with Gasteiger partial charge in [-0.05, 0) is 31.4 Å². The molecule has 1 saturated heterocycles. The van der Waals surface area contributed by atoms with Gasteiger partial charge < -0.3 is 0 Å². The quantitative estimate of drug-likeness (QED) is 0.711. The van der Waals surface area contributed by atoms with E-state index in [1.165, 1.54) is 4.90 Å². The van der Waals surface area contributed by atoms with Crippen molar-refractivity contribution in [3.63, 3.8) is 0 Å². The van der Waals surface area contributed by atoms with Gasteiger partial charge in [0.05, 0.1) is 5.69 Å². The first-order valence-electron chi connectivity index (χ1n) is 6.55. The molecule has 1 aliphatic heterocycles. The molecular formula is C15H17NO2. The van der Waals surface area contributed by atoms with Gasteiger partial charge in [-0.25, -0.2) is 4.90 Å². The summed E-state index contributed by atoms with van der Waals surface area (Å²) in [6.45, 7) is 2.00. The largest absolute Gasteiger partial charge is 0.274 e. The highest BCUT2D eigenvalue weighted by Crippen LogP contribution is 2.46. The predicted molar refractivity (Wildman–Crippen MR) is 69.0 cm³/mol. The Labute approximate surface area is 107 Å². The summed E-state index contributed by atoms with van der Waals surface area (Å²) in [5.74, 6) is -0.000295. The van der Waals surface area contributed by atoms with E-state index in [2.05, 4.69) is 0 Å². The third kappa shape index (κ3) is 1.57. The number of amides is 2. The highest BCUT2D eigenvalue weighted by molar-refractivity contribution is 6.19. The molecule has 1 saturated carbocycles. The predicted octanol–water partition coefficient (Wildman–Crippen LogP) is 2.76. The van der Waals surface area contributed by atoms with Crippen molar-refractivity contribution in [2.45, 2.75) is 32.6 Å². The zero-order valence-corrected chi connectivity index (χ0v) is 10.6. The van der Waals surface area contributed by atoms with Crippen LogP contribution in [0.4, 0.5) is 5.69 Å². The van der Waals surface area contributed by atoms with E-state index in [4.69, 9.17) is 0 Å². The molecule has 1 aromatic rings. The summed E-state index contributed by atoms with van der Waals surface area (Å²) in [5.41, 5.74) is 0.373. The molecular weight excluding hydrogens is 226 g/mol. The lowest BCUT2D eigenvalue weighted by Gasteiger charge is -2.45. The summed E-state index contributed by atoms with van der Waals surface area (Å²) in [6, 6.07) is 9.29. The number of para-hydroxylation sites is 1. The maximum atomic E-state index is 12.6. The van der Waals surface area contributed by atoms with Gasteiger partial charge in [0.15, 0.2) is 0 Å². The molecule has 0 unspecified atom stereocenters.